The fraction of sp³-hybridized carbons (Fsp3) is 0.179. The number of ether oxygens (including phenoxy) is 2. The summed E-state index contributed by atoms with van der Waals surface area (Å²) in [4.78, 5) is 4.88. The molecule has 9 aromatic rings. The van der Waals surface area contributed by atoms with Crippen molar-refractivity contribution >= 4 is 103 Å². The van der Waals surface area contributed by atoms with Gasteiger partial charge in [-0.25, -0.2) is 0 Å². The summed E-state index contributed by atoms with van der Waals surface area (Å²) in [5.41, 5.74) is 17.5. The summed E-state index contributed by atoms with van der Waals surface area (Å²) in [6.07, 6.45) is 9.82. The minimum absolute atomic E-state index is 0.218. The van der Waals surface area contributed by atoms with Crippen LogP contribution in [0.3, 0.4) is 0 Å². The Bertz CT molecular complexity index is 3180. The molecule has 8 heteroatoms. The number of benzene rings is 7. The molecular formula is C56H42B2N2O4. The number of hydrogen-bond donors (Lipinski definition) is 0. The van der Waals surface area contributed by atoms with Gasteiger partial charge in [0.05, 0.1) is 22.7 Å². The maximum atomic E-state index is 7.28. The van der Waals surface area contributed by atoms with Gasteiger partial charge < -0.3 is 28.1 Å². The predicted molar refractivity (Wildman–Crippen MR) is 260 cm³/mol. The first-order valence-electron chi connectivity index (χ1n) is 23.4. The Kier molecular flexibility index (Phi) is 7.33. The number of anilines is 6. The van der Waals surface area contributed by atoms with Crippen molar-refractivity contribution in [3.8, 4) is 23.0 Å². The number of para-hydroxylation sites is 4. The highest BCUT2D eigenvalue weighted by atomic mass is 16.5. The monoisotopic (exact) mass is 828 g/mol. The molecule has 4 aliphatic heterocycles. The van der Waals surface area contributed by atoms with E-state index >= 15 is 0 Å². The third-order valence-electron chi connectivity index (χ3n) is 15.4. The molecule has 0 N–H and O–H groups in total. The molecule has 2 aliphatic carbocycles. The van der Waals surface area contributed by atoms with E-state index in [4.69, 9.17) is 18.3 Å². The van der Waals surface area contributed by atoms with Gasteiger partial charge in [0.2, 0.25) is 0 Å². The molecule has 306 valence electrons. The lowest BCUT2D eigenvalue weighted by Gasteiger charge is -2.40. The molecule has 15 rings (SSSR count). The molecule has 0 bridgehead atoms. The molecule has 7 aromatic carbocycles. The van der Waals surface area contributed by atoms with Crippen LogP contribution < -0.4 is 52.4 Å². The van der Waals surface area contributed by atoms with Gasteiger partial charge in [-0.15, -0.1) is 0 Å². The van der Waals surface area contributed by atoms with Crippen molar-refractivity contribution in [1.29, 1.82) is 0 Å². The maximum absolute atomic E-state index is 7.28. The number of rotatable bonds is 4. The highest BCUT2D eigenvalue weighted by Crippen LogP contribution is 2.50. The van der Waals surface area contributed by atoms with E-state index in [-0.39, 0.29) is 13.4 Å². The summed E-state index contributed by atoms with van der Waals surface area (Å²) >= 11 is 0. The van der Waals surface area contributed by atoms with Gasteiger partial charge in [-0.05, 0) is 132 Å². The smallest absolute Gasteiger partial charge is 0.301 e. The summed E-state index contributed by atoms with van der Waals surface area (Å²) in [7, 11) is 0. The summed E-state index contributed by atoms with van der Waals surface area (Å²) < 4.78 is 28.8. The van der Waals surface area contributed by atoms with Crippen LogP contribution in [-0.2, 0) is 0 Å². The van der Waals surface area contributed by atoms with E-state index in [2.05, 4.69) is 155 Å². The van der Waals surface area contributed by atoms with E-state index in [1.54, 1.807) is 0 Å². The zero-order valence-electron chi connectivity index (χ0n) is 35.4. The largest absolute Gasteiger partial charge is 0.468 e. The number of hydrogen-bond acceptors (Lipinski definition) is 6. The van der Waals surface area contributed by atoms with Crippen LogP contribution in [0.5, 0.6) is 23.0 Å². The van der Waals surface area contributed by atoms with E-state index in [0.29, 0.717) is 11.8 Å². The fourth-order valence-corrected chi connectivity index (χ4v) is 12.6. The van der Waals surface area contributed by atoms with Crippen molar-refractivity contribution in [2.45, 2.75) is 63.2 Å². The van der Waals surface area contributed by atoms with E-state index in [1.165, 1.54) is 62.5 Å². The van der Waals surface area contributed by atoms with Crippen molar-refractivity contribution in [2.24, 2.45) is 0 Å². The molecule has 6 aliphatic rings. The number of nitrogens with zero attached hydrogens (tertiary/aromatic N) is 2. The third kappa shape index (κ3) is 4.88. The van der Waals surface area contributed by atoms with Crippen molar-refractivity contribution < 1.29 is 18.3 Å². The zero-order chi connectivity index (χ0) is 41.6. The molecule has 0 atom stereocenters. The summed E-state index contributed by atoms with van der Waals surface area (Å²) in [5.74, 6) is 4.43. The minimum atomic E-state index is -0.218. The van der Waals surface area contributed by atoms with Gasteiger partial charge in [-0.3, -0.25) is 0 Å². The van der Waals surface area contributed by atoms with Gasteiger partial charge in [0, 0.05) is 50.5 Å². The maximum Gasteiger partial charge on any atom is 0.301 e. The summed E-state index contributed by atoms with van der Waals surface area (Å²) in [6, 6.07) is 52.8. The summed E-state index contributed by atoms with van der Waals surface area (Å²) in [6.45, 7) is -0.437. The van der Waals surface area contributed by atoms with Gasteiger partial charge in [-0.2, -0.15) is 0 Å². The Hall–Kier alpha value is -7.05. The van der Waals surface area contributed by atoms with Crippen LogP contribution in [0.4, 0.5) is 34.1 Å². The van der Waals surface area contributed by atoms with Crippen molar-refractivity contribution in [3.05, 3.63) is 157 Å². The molecule has 64 heavy (non-hydrogen) atoms. The first kappa shape index (κ1) is 35.4. The van der Waals surface area contributed by atoms with Gasteiger partial charge >= 0.3 is 13.4 Å². The number of furan rings is 2. The lowest BCUT2D eigenvalue weighted by molar-refractivity contribution is 0.464. The van der Waals surface area contributed by atoms with Gasteiger partial charge in [0.15, 0.2) is 0 Å². The normalized spacial score (nSPS) is 16.9. The highest BCUT2D eigenvalue weighted by Gasteiger charge is 2.50. The molecule has 0 unspecified atom stereocenters. The SMILES string of the molecule is c1ccc(N2c3cc(C4CCCC4)cc4c3B(c3cc5c(cc3O4)Oc3cc(C4CCCC4)cc4c3B5c3oc5ccccc5c3N4c3ccccc3)c3oc4ccccc4c32)cc1. The second-order valence-electron chi connectivity index (χ2n) is 18.8. The molecule has 0 amide bonds. The Morgan fingerprint density at radius 2 is 0.844 bits per heavy atom. The van der Waals surface area contributed by atoms with Crippen LogP contribution >= 0.6 is 0 Å². The molecule has 0 radical (unpaired) electrons. The molecule has 0 saturated heterocycles. The average molecular weight is 829 g/mol. The van der Waals surface area contributed by atoms with Gasteiger partial charge in [0.1, 0.15) is 34.2 Å². The van der Waals surface area contributed by atoms with Gasteiger partial charge in [-0.1, -0.05) is 92.4 Å². The standard InChI is InChI=1S/C56H42B2N2O4/c1-3-19-37(20-4-1)59-43-27-35(33-15-7-8-16-33)29-49-51(43)57(55-53(59)39-23-11-13-25-45(39)63-55)41-31-42-48(32-47(41)61-49)62-50-30-36(34-17-9-10-18-34)28-44-52(50)58(42)56-54(40-24-12-14-26-46(40)64-56)60(44)38-21-5-2-6-22-38/h1-6,11-14,19-34H,7-10,15-18H2. The topological polar surface area (TPSA) is 51.2 Å². The molecule has 0 spiro atoms. The van der Waals surface area contributed by atoms with E-state index in [9.17, 15) is 0 Å². The Balaban J connectivity index is 1.000. The fourth-order valence-electron chi connectivity index (χ4n) is 12.6. The average Bonchev–Trinajstić information content (AvgIpc) is 4.19. The molecule has 6 heterocycles. The van der Waals surface area contributed by atoms with Crippen LogP contribution in [0.1, 0.15) is 74.3 Å². The predicted octanol–water partition coefficient (Wildman–Crippen LogP) is 11.3. The molecular weight excluding hydrogens is 786 g/mol. The highest BCUT2D eigenvalue weighted by molar-refractivity contribution is 7.01. The Labute approximate surface area is 372 Å². The number of fused-ring (bicyclic) bond motifs is 12. The van der Waals surface area contributed by atoms with E-state index in [1.807, 2.05) is 0 Å². The summed E-state index contributed by atoms with van der Waals surface area (Å²) in [5, 5.41) is 2.21. The van der Waals surface area contributed by atoms with Crippen LogP contribution in [0.25, 0.3) is 21.9 Å². The lowest BCUT2D eigenvalue weighted by Crippen LogP contribution is -2.63. The molecule has 2 aromatic heterocycles. The van der Waals surface area contributed by atoms with Crippen molar-refractivity contribution in [2.75, 3.05) is 9.80 Å². The quantitative estimate of drug-likeness (QED) is 0.165. The Morgan fingerprint density at radius 3 is 1.30 bits per heavy atom. The Morgan fingerprint density at radius 1 is 0.422 bits per heavy atom. The second-order valence-corrected chi connectivity index (χ2v) is 18.8. The van der Waals surface area contributed by atoms with E-state index in [0.717, 1.165) is 112 Å². The molecule has 2 saturated carbocycles. The van der Waals surface area contributed by atoms with Crippen LogP contribution in [-0.4, -0.2) is 13.4 Å². The van der Waals surface area contributed by atoms with Crippen molar-refractivity contribution in [3.63, 3.8) is 0 Å². The molecule has 6 nitrogen and oxygen atoms in total. The van der Waals surface area contributed by atoms with E-state index < -0.39 is 0 Å². The lowest BCUT2D eigenvalue weighted by atomic mass is 9.33. The first-order valence-corrected chi connectivity index (χ1v) is 23.4. The first-order chi connectivity index (χ1) is 31.7. The van der Waals surface area contributed by atoms with Gasteiger partial charge in [0.25, 0.3) is 0 Å². The zero-order valence-corrected chi connectivity index (χ0v) is 35.4. The van der Waals surface area contributed by atoms with Crippen LogP contribution in [0, 0.1) is 0 Å². The molecule has 2 fully saturated rings. The third-order valence-corrected chi connectivity index (χ3v) is 15.4. The second kappa shape index (κ2) is 13.2. The van der Waals surface area contributed by atoms with Crippen LogP contribution in [0.15, 0.2) is 154 Å². The van der Waals surface area contributed by atoms with Crippen LogP contribution in [0.2, 0.25) is 0 Å². The minimum Gasteiger partial charge on any atom is -0.468 e. The van der Waals surface area contributed by atoms with Crippen molar-refractivity contribution in [1.82, 2.24) is 0 Å².